The molecule has 1 unspecified atom stereocenters. The van der Waals surface area contributed by atoms with E-state index in [0.717, 1.165) is 23.3 Å². The van der Waals surface area contributed by atoms with Crippen molar-refractivity contribution in [2.24, 2.45) is 23.2 Å². The number of aryl methyl sites for hydroxylation is 1. The highest BCUT2D eigenvalue weighted by Gasteiger charge is 2.53. The summed E-state index contributed by atoms with van der Waals surface area (Å²) in [6.45, 7) is 2.24. The Balaban J connectivity index is 1.37. The molecule has 0 saturated heterocycles. The SMILES string of the molecule is COc1cc(CCC(=O)NC(C)C23CC4CC(CC(C4)C2)C3)cc(OC)c1OC. The van der Waals surface area contributed by atoms with Crippen molar-refractivity contribution in [1.29, 1.82) is 0 Å². The highest BCUT2D eigenvalue weighted by atomic mass is 16.5. The number of benzene rings is 1. The van der Waals surface area contributed by atoms with E-state index in [1.165, 1.54) is 38.5 Å². The van der Waals surface area contributed by atoms with Crippen LogP contribution >= 0.6 is 0 Å². The van der Waals surface area contributed by atoms with Crippen LogP contribution in [-0.4, -0.2) is 33.3 Å². The lowest BCUT2D eigenvalue weighted by atomic mass is 9.48. The molecule has 4 aliphatic rings. The van der Waals surface area contributed by atoms with E-state index in [1.807, 2.05) is 12.1 Å². The Morgan fingerprint density at radius 3 is 1.97 bits per heavy atom. The molecule has 0 aliphatic heterocycles. The minimum absolute atomic E-state index is 0.141. The zero-order valence-electron chi connectivity index (χ0n) is 18.3. The normalized spacial score (nSPS) is 30.7. The van der Waals surface area contributed by atoms with Gasteiger partial charge in [-0.1, -0.05) is 0 Å². The van der Waals surface area contributed by atoms with Gasteiger partial charge in [-0.3, -0.25) is 4.79 Å². The smallest absolute Gasteiger partial charge is 0.220 e. The summed E-state index contributed by atoms with van der Waals surface area (Å²) in [4.78, 5) is 12.8. The maximum atomic E-state index is 12.8. The fraction of sp³-hybridized carbons (Fsp3) is 0.708. The lowest BCUT2D eigenvalue weighted by molar-refractivity contribution is -0.125. The molecule has 29 heavy (non-hydrogen) atoms. The summed E-state index contributed by atoms with van der Waals surface area (Å²) in [7, 11) is 4.82. The Morgan fingerprint density at radius 2 is 1.52 bits per heavy atom. The Bertz CT molecular complexity index is 699. The Hall–Kier alpha value is -1.91. The van der Waals surface area contributed by atoms with Gasteiger partial charge in [0.25, 0.3) is 0 Å². The molecule has 0 heterocycles. The van der Waals surface area contributed by atoms with E-state index in [4.69, 9.17) is 14.2 Å². The first-order chi connectivity index (χ1) is 14.0. The zero-order chi connectivity index (χ0) is 20.6. The van der Waals surface area contributed by atoms with Crippen LogP contribution in [0.2, 0.25) is 0 Å². The van der Waals surface area contributed by atoms with Gasteiger partial charge in [0.15, 0.2) is 11.5 Å². The van der Waals surface area contributed by atoms with Crippen LogP contribution in [0.1, 0.15) is 57.4 Å². The first kappa shape index (κ1) is 20.4. The van der Waals surface area contributed by atoms with Crippen molar-refractivity contribution in [1.82, 2.24) is 5.32 Å². The summed E-state index contributed by atoms with van der Waals surface area (Å²) < 4.78 is 16.2. The second-order valence-electron chi connectivity index (χ2n) is 9.60. The highest BCUT2D eigenvalue weighted by molar-refractivity contribution is 5.76. The maximum Gasteiger partial charge on any atom is 0.220 e. The molecule has 4 fully saturated rings. The molecule has 0 spiro atoms. The van der Waals surface area contributed by atoms with Crippen molar-refractivity contribution in [3.63, 3.8) is 0 Å². The van der Waals surface area contributed by atoms with Crippen LogP contribution in [0, 0.1) is 23.2 Å². The summed E-state index contributed by atoms with van der Waals surface area (Å²) in [6, 6.07) is 4.12. The van der Waals surface area contributed by atoms with E-state index >= 15 is 0 Å². The molecule has 1 aromatic carbocycles. The van der Waals surface area contributed by atoms with E-state index < -0.39 is 0 Å². The Kier molecular flexibility index (Phi) is 5.67. The average molecular weight is 402 g/mol. The van der Waals surface area contributed by atoms with Gasteiger partial charge in [-0.15, -0.1) is 0 Å². The van der Waals surface area contributed by atoms with E-state index in [2.05, 4.69) is 12.2 Å². The van der Waals surface area contributed by atoms with Crippen LogP contribution in [0.15, 0.2) is 12.1 Å². The van der Waals surface area contributed by atoms with Crippen LogP contribution < -0.4 is 19.5 Å². The van der Waals surface area contributed by atoms with Gasteiger partial charge in [-0.2, -0.15) is 0 Å². The number of carbonyl (C=O) groups is 1. The van der Waals surface area contributed by atoms with Crippen molar-refractivity contribution in [2.45, 2.75) is 64.3 Å². The predicted molar refractivity (Wildman–Crippen MR) is 113 cm³/mol. The molecule has 1 aromatic rings. The molecule has 5 rings (SSSR count). The van der Waals surface area contributed by atoms with Crippen molar-refractivity contribution in [2.75, 3.05) is 21.3 Å². The van der Waals surface area contributed by atoms with Gasteiger partial charge in [0, 0.05) is 12.5 Å². The molecule has 0 aromatic heterocycles. The molecule has 160 valence electrons. The van der Waals surface area contributed by atoms with Gasteiger partial charge in [0.05, 0.1) is 21.3 Å². The molecule has 1 amide bonds. The van der Waals surface area contributed by atoms with Gasteiger partial charge in [-0.05, 0) is 92.7 Å². The second-order valence-corrected chi connectivity index (χ2v) is 9.60. The van der Waals surface area contributed by atoms with E-state index in [9.17, 15) is 4.79 Å². The van der Waals surface area contributed by atoms with Gasteiger partial charge < -0.3 is 19.5 Å². The minimum atomic E-state index is 0.141. The highest BCUT2D eigenvalue weighted by Crippen LogP contribution is 2.61. The quantitative estimate of drug-likeness (QED) is 0.703. The Labute approximate surface area is 174 Å². The number of amides is 1. The first-order valence-electron chi connectivity index (χ1n) is 11.0. The molecule has 4 bridgehead atoms. The number of hydrogen-bond acceptors (Lipinski definition) is 4. The maximum absolute atomic E-state index is 12.8. The summed E-state index contributed by atoms with van der Waals surface area (Å²) in [5.74, 6) is 4.69. The van der Waals surface area contributed by atoms with Crippen molar-refractivity contribution in [3.8, 4) is 17.2 Å². The molecular formula is C24H35NO4. The zero-order valence-corrected chi connectivity index (χ0v) is 18.3. The molecule has 4 aliphatic carbocycles. The van der Waals surface area contributed by atoms with E-state index in [-0.39, 0.29) is 11.9 Å². The fourth-order valence-corrected chi connectivity index (χ4v) is 6.71. The van der Waals surface area contributed by atoms with Crippen LogP contribution in [-0.2, 0) is 11.2 Å². The molecule has 5 heteroatoms. The first-order valence-corrected chi connectivity index (χ1v) is 11.0. The summed E-state index contributed by atoms with van der Waals surface area (Å²) in [5, 5.41) is 3.36. The van der Waals surface area contributed by atoms with Crippen molar-refractivity contribution in [3.05, 3.63) is 17.7 Å². The molecule has 1 atom stereocenters. The third-order valence-corrected chi connectivity index (χ3v) is 7.75. The lowest BCUT2D eigenvalue weighted by Crippen LogP contribution is -2.55. The molecule has 5 nitrogen and oxygen atoms in total. The summed E-state index contributed by atoms with van der Waals surface area (Å²) in [6.07, 6.45) is 9.35. The number of carbonyl (C=O) groups excluding carboxylic acids is 1. The van der Waals surface area contributed by atoms with Crippen LogP contribution in [0.4, 0.5) is 0 Å². The summed E-state index contributed by atoms with van der Waals surface area (Å²) >= 11 is 0. The van der Waals surface area contributed by atoms with Crippen LogP contribution in [0.25, 0.3) is 0 Å². The topological polar surface area (TPSA) is 56.8 Å². The van der Waals surface area contributed by atoms with Crippen LogP contribution in [0.5, 0.6) is 17.2 Å². The van der Waals surface area contributed by atoms with Gasteiger partial charge in [0.1, 0.15) is 0 Å². The van der Waals surface area contributed by atoms with Gasteiger partial charge in [-0.25, -0.2) is 0 Å². The molecule has 1 N–H and O–H groups in total. The monoisotopic (exact) mass is 401 g/mol. The predicted octanol–water partition coefficient (Wildman–Crippen LogP) is 4.37. The molecular weight excluding hydrogens is 366 g/mol. The standard InChI is InChI=1S/C24H35NO4/c1-15(24-12-17-7-18(13-24)9-19(8-17)14-24)25-22(26)6-5-16-10-20(27-2)23(29-4)21(11-16)28-3/h10-11,15,17-19H,5-9,12-14H2,1-4H3,(H,25,26). The number of hydrogen-bond donors (Lipinski definition) is 1. The summed E-state index contributed by atoms with van der Waals surface area (Å²) in [5.41, 5.74) is 1.36. The van der Waals surface area contributed by atoms with Crippen molar-refractivity contribution < 1.29 is 19.0 Å². The third kappa shape index (κ3) is 3.93. The minimum Gasteiger partial charge on any atom is -0.493 e. The van der Waals surface area contributed by atoms with Gasteiger partial charge >= 0.3 is 0 Å². The van der Waals surface area contributed by atoms with E-state index in [1.54, 1.807) is 21.3 Å². The van der Waals surface area contributed by atoms with Crippen molar-refractivity contribution >= 4 is 5.91 Å². The van der Waals surface area contributed by atoms with E-state index in [0.29, 0.717) is 35.5 Å². The average Bonchev–Trinajstić information content (AvgIpc) is 2.70. The Morgan fingerprint density at radius 1 is 1.00 bits per heavy atom. The lowest BCUT2D eigenvalue weighted by Gasteiger charge is -2.59. The fourth-order valence-electron chi connectivity index (χ4n) is 6.71. The number of ether oxygens (including phenoxy) is 3. The number of methoxy groups -OCH3 is 3. The number of rotatable bonds is 8. The van der Waals surface area contributed by atoms with Gasteiger partial charge in [0.2, 0.25) is 11.7 Å². The number of nitrogens with one attached hydrogen (secondary N) is 1. The largest absolute Gasteiger partial charge is 0.493 e. The molecule has 4 saturated carbocycles. The third-order valence-electron chi connectivity index (χ3n) is 7.75. The molecule has 0 radical (unpaired) electrons. The van der Waals surface area contributed by atoms with Crippen LogP contribution in [0.3, 0.4) is 0 Å². The second kappa shape index (κ2) is 8.08.